The Bertz CT molecular complexity index is 1520. The van der Waals surface area contributed by atoms with Crippen LogP contribution in [0.25, 0.3) is 33.3 Å². The predicted molar refractivity (Wildman–Crippen MR) is 136 cm³/mol. The molecule has 2 amide bonds. The molecule has 4 rings (SSSR count). The van der Waals surface area contributed by atoms with E-state index in [1.54, 1.807) is 13.0 Å². The highest BCUT2D eigenvalue weighted by atomic mass is 32.1. The number of pyridine rings is 2. The molecule has 4 heterocycles. The predicted octanol–water partition coefficient (Wildman–Crippen LogP) is 3.71. The Morgan fingerprint density at radius 3 is 2.64 bits per heavy atom. The number of hydrogen-bond donors (Lipinski definition) is 3. The van der Waals surface area contributed by atoms with Crippen molar-refractivity contribution in [3.05, 3.63) is 46.0 Å². The quantitative estimate of drug-likeness (QED) is 0.276. The first kappa shape index (κ1) is 27.7. The van der Waals surface area contributed by atoms with Crippen LogP contribution >= 0.6 is 11.3 Å². The van der Waals surface area contributed by atoms with Crippen LogP contribution in [-0.2, 0) is 6.18 Å². The van der Waals surface area contributed by atoms with Crippen LogP contribution < -0.4 is 21.1 Å². The minimum absolute atomic E-state index is 0.0402. The molecule has 0 aliphatic carbocycles. The SMILES string of the molecule is CCNC(=O)Nc1cc(-c2nc(C(F)(F)F)cs2)c(-c2cc(OCCN(C)C)nc(-c3n[nH]c(=O)o3)c2)cn1. The molecule has 206 valence electrons. The molecule has 0 unspecified atom stereocenters. The molecule has 16 heteroatoms. The number of ether oxygens (including phenoxy) is 1. The number of thiazole rings is 1. The standard InChI is InChI=1S/C23H23F3N8O4S/c1-4-27-21(35)31-17-9-13(20-30-16(11-39-20)23(24,25)26)14(10-28-17)12-7-15(19-32-33-22(36)38-19)29-18(8-12)37-6-5-34(2)3/h7-11H,4-6H2,1-3H3,(H,33,36)(H2,27,28,31,35). The number of carbonyl (C=O) groups is 1. The van der Waals surface area contributed by atoms with E-state index in [1.165, 1.54) is 18.3 Å². The van der Waals surface area contributed by atoms with Crippen molar-refractivity contribution in [1.82, 2.24) is 35.4 Å². The molecule has 0 saturated carbocycles. The van der Waals surface area contributed by atoms with Gasteiger partial charge in [-0.2, -0.15) is 13.2 Å². The summed E-state index contributed by atoms with van der Waals surface area (Å²) in [7, 11) is 3.74. The lowest BCUT2D eigenvalue weighted by Crippen LogP contribution is -2.28. The summed E-state index contributed by atoms with van der Waals surface area (Å²) in [6.45, 7) is 2.94. The maximum absolute atomic E-state index is 13.3. The van der Waals surface area contributed by atoms with Gasteiger partial charge in [0.25, 0.3) is 5.89 Å². The van der Waals surface area contributed by atoms with E-state index >= 15 is 0 Å². The molecule has 0 aliphatic rings. The van der Waals surface area contributed by atoms with Crippen molar-refractivity contribution in [3.63, 3.8) is 0 Å². The number of aromatic amines is 1. The zero-order valence-electron chi connectivity index (χ0n) is 20.9. The summed E-state index contributed by atoms with van der Waals surface area (Å²) in [5, 5.41) is 12.0. The minimum Gasteiger partial charge on any atom is -0.476 e. The Balaban J connectivity index is 1.84. The van der Waals surface area contributed by atoms with Gasteiger partial charge in [0.05, 0.1) is 0 Å². The fourth-order valence-corrected chi connectivity index (χ4v) is 4.15. The molecule has 0 atom stereocenters. The number of anilines is 1. The third-order valence-electron chi connectivity index (χ3n) is 5.07. The number of carbonyl (C=O) groups excluding carboxylic acids is 1. The summed E-state index contributed by atoms with van der Waals surface area (Å²) in [6.07, 6.45) is -3.26. The number of halogens is 3. The summed E-state index contributed by atoms with van der Waals surface area (Å²) >= 11 is 0.785. The number of nitrogens with zero attached hydrogens (tertiary/aromatic N) is 5. The van der Waals surface area contributed by atoms with Crippen molar-refractivity contribution in [2.24, 2.45) is 0 Å². The zero-order valence-corrected chi connectivity index (χ0v) is 21.7. The molecule has 39 heavy (non-hydrogen) atoms. The van der Waals surface area contributed by atoms with Crippen LogP contribution in [0.15, 0.2) is 39.0 Å². The smallest absolute Gasteiger partial charge is 0.434 e. The van der Waals surface area contributed by atoms with E-state index in [1.807, 2.05) is 19.0 Å². The van der Waals surface area contributed by atoms with Crippen molar-refractivity contribution in [2.75, 3.05) is 39.1 Å². The second-order valence-electron chi connectivity index (χ2n) is 8.28. The van der Waals surface area contributed by atoms with E-state index in [9.17, 15) is 22.8 Å². The van der Waals surface area contributed by atoms with E-state index < -0.39 is 23.7 Å². The van der Waals surface area contributed by atoms with E-state index in [0.29, 0.717) is 24.2 Å². The molecule has 3 N–H and O–H groups in total. The van der Waals surface area contributed by atoms with Crippen LogP contribution in [0.4, 0.5) is 23.8 Å². The molecule has 0 aromatic carbocycles. The molecule has 0 saturated heterocycles. The van der Waals surface area contributed by atoms with Gasteiger partial charge in [0.15, 0.2) is 5.69 Å². The molecular formula is C23H23F3N8O4S. The van der Waals surface area contributed by atoms with Gasteiger partial charge in [-0.05, 0) is 38.7 Å². The lowest BCUT2D eigenvalue weighted by molar-refractivity contribution is -0.140. The molecule has 0 spiro atoms. The highest BCUT2D eigenvalue weighted by molar-refractivity contribution is 7.13. The van der Waals surface area contributed by atoms with Gasteiger partial charge < -0.3 is 19.4 Å². The number of nitrogens with one attached hydrogen (secondary N) is 3. The summed E-state index contributed by atoms with van der Waals surface area (Å²) in [6, 6.07) is 3.98. The lowest BCUT2D eigenvalue weighted by Gasteiger charge is -2.14. The van der Waals surface area contributed by atoms with Crippen molar-refractivity contribution >= 4 is 23.2 Å². The Morgan fingerprint density at radius 2 is 2.00 bits per heavy atom. The Kier molecular flexibility index (Phi) is 8.25. The molecule has 4 aromatic rings. The van der Waals surface area contributed by atoms with E-state index in [2.05, 4.69) is 35.8 Å². The Morgan fingerprint density at radius 1 is 1.21 bits per heavy atom. The average Bonchev–Trinajstić information content (AvgIpc) is 3.53. The van der Waals surface area contributed by atoms with E-state index in [0.717, 1.165) is 16.7 Å². The number of hydrogen-bond acceptors (Lipinski definition) is 10. The number of amides is 2. The van der Waals surface area contributed by atoms with Gasteiger partial charge in [-0.25, -0.2) is 29.6 Å². The van der Waals surface area contributed by atoms with Crippen LogP contribution in [0.5, 0.6) is 5.88 Å². The number of aromatic nitrogens is 5. The molecule has 0 aliphatic heterocycles. The highest BCUT2D eigenvalue weighted by Crippen LogP contribution is 2.39. The average molecular weight is 565 g/mol. The normalized spacial score (nSPS) is 11.6. The highest BCUT2D eigenvalue weighted by Gasteiger charge is 2.34. The van der Waals surface area contributed by atoms with Gasteiger partial charge in [-0.15, -0.1) is 16.4 Å². The first-order valence-corrected chi connectivity index (χ1v) is 12.3. The second kappa shape index (κ2) is 11.6. The molecule has 0 radical (unpaired) electrons. The summed E-state index contributed by atoms with van der Waals surface area (Å²) in [5.74, 6) is -0.658. The number of rotatable bonds is 9. The second-order valence-corrected chi connectivity index (χ2v) is 9.14. The molecule has 0 bridgehead atoms. The van der Waals surface area contributed by atoms with Gasteiger partial charge in [-0.1, -0.05) is 0 Å². The van der Waals surface area contributed by atoms with Crippen molar-refractivity contribution in [3.8, 4) is 39.2 Å². The van der Waals surface area contributed by atoms with Gasteiger partial charge in [0, 0.05) is 41.9 Å². The van der Waals surface area contributed by atoms with Gasteiger partial charge >= 0.3 is 18.0 Å². The number of likely N-dealkylation sites (N-methyl/N-ethyl adjacent to an activating group) is 1. The third-order valence-corrected chi connectivity index (χ3v) is 5.94. The van der Waals surface area contributed by atoms with Crippen molar-refractivity contribution < 1.29 is 27.1 Å². The third kappa shape index (κ3) is 6.97. The fourth-order valence-electron chi connectivity index (χ4n) is 3.30. The molecule has 12 nitrogen and oxygen atoms in total. The largest absolute Gasteiger partial charge is 0.476 e. The Labute approximate surface area is 223 Å². The summed E-state index contributed by atoms with van der Waals surface area (Å²) < 4.78 is 50.9. The lowest BCUT2D eigenvalue weighted by atomic mass is 10.0. The number of alkyl halides is 3. The van der Waals surface area contributed by atoms with Crippen LogP contribution in [0.1, 0.15) is 12.6 Å². The first-order chi connectivity index (χ1) is 18.5. The van der Waals surface area contributed by atoms with Gasteiger partial charge in [0.1, 0.15) is 23.1 Å². The zero-order chi connectivity index (χ0) is 28.2. The topological polar surface area (TPSA) is 151 Å². The first-order valence-electron chi connectivity index (χ1n) is 11.5. The Hall–Kier alpha value is -4.31. The molecule has 0 fully saturated rings. The van der Waals surface area contributed by atoms with Crippen molar-refractivity contribution in [1.29, 1.82) is 0 Å². The molecular weight excluding hydrogens is 541 g/mol. The van der Waals surface area contributed by atoms with Crippen LogP contribution in [0.3, 0.4) is 0 Å². The maximum atomic E-state index is 13.3. The van der Waals surface area contributed by atoms with E-state index in [4.69, 9.17) is 9.15 Å². The van der Waals surface area contributed by atoms with Crippen LogP contribution in [0.2, 0.25) is 0 Å². The molecule has 4 aromatic heterocycles. The summed E-state index contributed by atoms with van der Waals surface area (Å²) in [4.78, 5) is 37.9. The van der Waals surface area contributed by atoms with Crippen molar-refractivity contribution in [2.45, 2.75) is 13.1 Å². The number of urea groups is 1. The summed E-state index contributed by atoms with van der Waals surface area (Å²) in [5.41, 5.74) is 0.123. The fraction of sp³-hybridized carbons (Fsp3) is 0.304. The monoisotopic (exact) mass is 564 g/mol. The van der Waals surface area contributed by atoms with Gasteiger partial charge in [-0.3, -0.25) is 5.32 Å². The van der Waals surface area contributed by atoms with Crippen LogP contribution in [-0.4, -0.2) is 69.9 Å². The van der Waals surface area contributed by atoms with Gasteiger partial charge in [0.2, 0.25) is 5.88 Å². The maximum Gasteiger partial charge on any atom is 0.434 e. The van der Waals surface area contributed by atoms with Crippen LogP contribution in [0, 0.1) is 0 Å². The van der Waals surface area contributed by atoms with E-state index in [-0.39, 0.29) is 40.5 Å². The minimum atomic E-state index is -4.64. The number of H-pyrrole nitrogens is 1.